The number of hydrogen-bond acceptors (Lipinski definition) is 6. The van der Waals surface area contributed by atoms with Gasteiger partial charge in [0, 0.05) is 24.4 Å². The van der Waals surface area contributed by atoms with Crippen molar-refractivity contribution in [2.24, 2.45) is 0 Å². The van der Waals surface area contributed by atoms with Gasteiger partial charge in [0.15, 0.2) is 6.61 Å². The second-order valence-corrected chi connectivity index (χ2v) is 6.40. The number of ketones is 1. The Hall–Kier alpha value is -3.04. The largest absolute Gasteiger partial charge is 0.468 e. The number of aryl methyl sites for hydroxylation is 1. The van der Waals surface area contributed by atoms with Crippen LogP contribution in [0, 0.1) is 6.92 Å². The Kier molecular flexibility index (Phi) is 7.24. The van der Waals surface area contributed by atoms with Crippen molar-refractivity contribution in [1.29, 1.82) is 0 Å². The van der Waals surface area contributed by atoms with E-state index in [1.54, 1.807) is 26.8 Å². The highest BCUT2D eigenvalue weighted by Gasteiger charge is 2.28. The zero-order valence-corrected chi connectivity index (χ0v) is 16.2. The van der Waals surface area contributed by atoms with Crippen LogP contribution < -0.4 is 10.1 Å². The lowest BCUT2D eigenvalue weighted by Gasteiger charge is -2.15. The molecule has 0 fully saturated rings. The summed E-state index contributed by atoms with van der Waals surface area (Å²) >= 11 is 0. The van der Waals surface area contributed by atoms with Crippen LogP contribution in [-0.2, 0) is 11.2 Å². The van der Waals surface area contributed by atoms with E-state index in [1.165, 1.54) is 12.1 Å². The van der Waals surface area contributed by atoms with Gasteiger partial charge < -0.3 is 10.1 Å². The van der Waals surface area contributed by atoms with E-state index in [4.69, 9.17) is 0 Å². The van der Waals surface area contributed by atoms with Crippen molar-refractivity contribution in [3.63, 3.8) is 0 Å². The fourth-order valence-electron chi connectivity index (χ4n) is 2.37. The lowest BCUT2D eigenvalue weighted by molar-refractivity contribution is -0.154. The summed E-state index contributed by atoms with van der Waals surface area (Å²) in [5, 5.41) is 2.73. The van der Waals surface area contributed by atoms with Gasteiger partial charge in [0.05, 0.1) is 23.7 Å². The monoisotopic (exact) mass is 410 g/mol. The van der Waals surface area contributed by atoms with Crippen LogP contribution in [-0.4, -0.2) is 39.4 Å². The predicted octanol–water partition coefficient (Wildman–Crippen LogP) is 3.13. The minimum Gasteiger partial charge on any atom is -0.468 e. The van der Waals surface area contributed by atoms with Crippen molar-refractivity contribution in [2.45, 2.75) is 45.8 Å². The number of rotatable bonds is 8. The van der Waals surface area contributed by atoms with Crippen LogP contribution in [0.4, 0.5) is 13.2 Å². The molecular formula is C19H21F3N4O3. The number of aromatic nitrogens is 3. The molecule has 0 aliphatic rings. The first-order valence-electron chi connectivity index (χ1n) is 8.90. The highest BCUT2D eigenvalue weighted by Crippen LogP contribution is 2.17. The molecule has 0 bridgehead atoms. The highest BCUT2D eigenvalue weighted by molar-refractivity contribution is 5.94. The topological polar surface area (TPSA) is 94.1 Å². The molecule has 2 aromatic rings. The molecule has 1 atom stereocenters. The fraction of sp³-hybridized carbons (Fsp3) is 0.421. The molecular weight excluding hydrogens is 389 g/mol. The predicted molar refractivity (Wildman–Crippen MR) is 97.4 cm³/mol. The maximum absolute atomic E-state index is 12.4. The minimum absolute atomic E-state index is 0.0112. The third-order valence-corrected chi connectivity index (χ3v) is 3.84. The molecule has 7 nitrogen and oxygen atoms in total. The van der Waals surface area contributed by atoms with E-state index in [0.717, 1.165) is 6.20 Å². The molecule has 1 amide bonds. The number of hydrogen-bond donors (Lipinski definition) is 1. The third kappa shape index (κ3) is 7.13. The number of alkyl halides is 3. The van der Waals surface area contributed by atoms with Crippen LogP contribution in [0.3, 0.4) is 0 Å². The molecule has 0 radical (unpaired) electrons. The van der Waals surface area contributed by atoms with Gasteiger partial charge in [0.2, 0.25) is 5.88 Å². The number of carbonyl (C=O) groups excluding carboxylic acids is 2. The third-order valence-electron chi connectivity index (χ3n) is 3.84. The van der Waals surface area contributed by atoms with Gasteiger partial charge in [-0.25, -0.2) is 15.0 Å². The maximum Gasteiger partial charge on any atom is 0.422 e. The second kappa shape index (κ2) is 9.44. The molecule has 0 aromatic carbocycles. The summed E-state index contributed by atoms with van der Waals surface area (Å²) in [7, 11) is 0. The quantitative estimate of drug-likeness (QED) is 0.719. The van der Waals surface area contributed by atoms with Gasteiger partial charge in [-0.15, -0.1) is 0 Å². The van der Waals surface area contributed by atoms with Crippen molar-refractivity contribution >= 4 is 11.7 Å². The van der Waals surface area contributed by atoms with Gasteiger partial charge in [0.1, 0.15) is 11.6 Å². The Balaban J connectivity index is 2.04. The molecule has 1 N–H and O–H groups in total. The summed E-state index contributed by atoms with van der Waals surface area (Å²) in [6.07, 6.45) is -2.84. The molecule has 10 heteroatoms. The number of halogens is 3. The van der Waals surface area contributed by atoms with Crippen molar-refractivity contribution in [2.75, 3.05) is 6.61 Å². The number of amides is 1. The Morgan fingerprint density at radius 2 is 1.97 bits per heavy atom. The average Bonchev–Trinajstić information content (AvgIpc) is 2.65. The Labute approximate surface area is 165 Å². The molecule has 1 unspecified atom stereocenters. The SMILES string of the molecule is CCC(=O)Cc1nc(C)cc(C(C)NC(=O)c2ccc(OCC(F)(F)F)nc2)n1. The Bertz CT molecular complexity index is 870. The number of ether oxygens (including phenoxy) is 1. The van der Waals surface area contributed by atoms with Crippen molar-refractivity contribution in [1.82, 2.24) is 20.3 Å². The summed E-state index contributed by atoms with van der Waals surface area (Å²) in [5.41, 5.74) is 1.37. The first kappa shape index (κ1) is 22.3. The van der Waals surface area contributed by atoms with E-state index >= 15 is 0 Å². The molecule has 0 aliphatic carbocycles. The normalized spacial score (nSPS) is 12.3. The maximum atomic E-state index is 12.4. The van der Waals surface area contributed by atoms with E-state index < -0.39 is 24.7 Å². The van der Waals surface area contributed by atoms with Crippen LogP contribution in [0.25, 0.3) is 0 Å². The summed E-state index contributed by atoms with van der Waals surface area (Å²) in [4.78, 5) is 36.3. The summed E-state index contributed by atoms with van der Waals surface area (Å²) < 4.78 is 41.0. The van der Waals surface area contributed by atoms with E-state index in [9.17, 15) is 22.8 Å². The highest BCUT2D eigenvalue weighted by atomic mass is 19.4. The summed E-state index contributed by atoms with van der Waals surface area (Å²) in [6.45, 7) is 3.79. The van der Waals surface area contributed by atoms with E-state index in [0.29, 0.717) is 23.6 Å². The van der Waals surface area contributed by atoms with Crippen LogP contribution in [0.15, 0.2) is 24.4 Å². The van der Waals surface area contributed by atoms with Gasteiger partial charge in [-0.05, 0) is 26.0 Å². The Morgan fingerprint density at radius 3 is 2.55 bits per heavy atom. The van der Waals surface area contributed by atoms with Gasteiger partial charge in [-0.2, -0.15) is 13.2 Å². The molecule has 2 rings (SSSR count). The first-order valence-corrected chi connectivity index (χ1v) is 8.90. The molecule has 156 valence electrons. The molecule has 29 heavy (non-hydrogen) atoms. The smallest absolute Gasteiger partial charge is 0.422 e. The van der Waals surface area contributed by atoms with E-state index in [2.05, 4.69) is 25.0 Å². The van der Waals surface area contributed by atoms with Crippen LogP contribution in [0.1, 0.15) is 53.9 Å². The fourth-order valence-corrected chi connectivity index (χ4v) is 2.37. The zero-order valence-electron chi connectivity index (χ0n) is 16.2. The summed E-state index contributed by atoms with van der Waals surface area (Å²) in [6, 6.07) is 3.73. The molecule has 0 spiro atoms. The average molecular weight is 410 g/mol. The van der Waals surface area contributed by atoms with Crippen LogP contribution >= 0.6 is 0 Å². The number of pyridine rings is 1. The number of Topliss-reactive ketones (excluding diaryl/α,β-unsaturated/α-hetero) is 1. The molecule has 2 aromatic heterocycles. The van der Waals surface area contributed by atoms with Gasteiger partial charge in [-0.1, -0.05) is 6.92 Å². The lowest BCUT2D eigenvalue weighted by atomic mass is 10.1. The van der Waals surface area contributed by atoms with Gasteiger partial charge in [-0.3, -0.25) is 9.59 Å². The van der Waals surface area contributed by atoms with Crippen LogP contribution in [0.5, 0.6) is 5.88 Å². The number of nitrogens with zero attached hydrogens (tertiary/aromatic N) is 3. The van der Waals surface area contributed by atoms with E-state index in [-0.39, 0.29) is 23.6 Å². The first-order chi connectivity index (χ1) is 13.6. The van der Waals surface area contributed by atoms with Gasteiger partial charge >= 0.3 is 6.18 Å². The van der Waals surface area contributed by atoms with Crippen molar-refractivity contribution < 1.29 is 27.5 Å². The molecule has 2 heterocycles. The van der Waals surface area contributed by atoms with Crippen LogP contribution in [0.2, 0.25) is 0 Å². The zero-order chi connectivity index (χ0) is 21.6. The number of nitrogens with one attached hydrogen (secondary N) is 1. The second-order valence-electron chi connectivity index (χ2n) is 6.40. The van der Waals surface area contributed by atoms with Crippen molar-refractivity contribution in [3.05, 3.63) is 47.2 Å². The molecule has 0 aliphatic heterocycles. The van der Waals surface area contributed by atoms with Crippen molar-refractivity contribution in [3.8, 4) is 5.88 Å². The molecule has 0 saturated heterocycles. The summed E-state index contributed by atoms with van der Waals surface area (Å²) in [5.74, 6) is -0.309. The minimum atomic E-state index is -4.47. The number of carbonyl (C=O) groups is 2. The standard InChI is InChI=1S/C19H21F3N4O3/c1-4-14(27)8-16-24-11(2)7-15(26-16)12(3)25-18(28)13-5-6-17(23-9-13)29-10-19(20,21)22/h5-7,9,12H,4,8,10H2,1-3H3,(H,25,28). The lowest BCUT2D eigenvalue weighted by Crippen LogP contribution is -2.28. The molecule has 0 saturated carbocycles. The van der Waals surface area contributed by atoms with Gasteiger partial charge in [0.25, 0.3) is 5.91 Å². The van der Waals surface area contributed by atoms with E-state index in [1.807, 2.05) is 0 Å². The Morgan fingerprint density at radius 1 is 1.24 bits per heavy atom.